The van der Waals surface area contributed by atoms with Gasteiger partial charge in [-0.3, -0.25) is 9.78 Å². The number of fused-ring (bicyclic) bond motifs is 1. The minimum atomic E-state index is -1.14. The van der Waals surface area contributed by atoms with Gasteiger partial charge in [0.2, 0.25) is 0 Å². The van der Waals surface area contributed by atoms with Gasteiger partial charge in [-0.1, -0.05) is 37.8 Å². The Morgan fingerprint density at radius 2 is 1.97 bits per heavy atom. The van der Waals surface area contributed by atoms with Gasteiger partial charge >= 0.3 is 0 Å². The molecule has 0 amide bonds. The van der Waals surface area contributed by atoms with Crippen molar-refractivity contribution in [3.63, 3.8) is 0 Å². The number of hydrogen-bond acceptors (Lipinski definition) is 4. The summed E-state index contributed by atoms with van der Waals surface area (Å²) in [6.07, 6.45) is 5.22. The number of aromatic amines is 1. The van der Waals surface area contributed by atoms with Crippen molar-refractivity contribution in [3.05, 3.63) is 71.2 Å². The molecule has 8 heteroatoms. The molecule has 0 atom stereocenters. The highest BCUT2D eigenvalue weighted by atomic mass is 28.3. The van der Waals surface area contributed by atoms with Crippen molar-refractivity contribution in [3.8, 4) is 22.4 Å². The summed E-state index contributed by atoms with van der Waals surface area (Å²) < 4.78 is 21.8. The van der Waals surface area contributed by atoms with Crippen LogP contribution in [0.15, 0.2) is 59.8 Å². The van der Waals surface area contributed by atoms with E-state index in [9.17, 15) is 9.18 Å². The predicted octanol–water partition coefficient (Wildman–Crippen LogP) is 4.91. The summed E-state index contributed by atoms with van der Waals surface area (Å²) in [7, 11) is -1.14. The van der Waals surface area contributed by atoms with Crippen LogP contribution in [-0.2, 0) is 11.5 Å². The van der Waals surface area contributed by atoms with Gasteiger partial charge in [0.1, 0.15) is 12.5 Å². The lowest BCUT2D eigenvalue weighted by Crippen LogP contribution is -2.22. The van der Waals surface area contributed by atoms with Crippen LogP contribution < -0.4 is 5.56 Å². The summed E-state index contributed by atoms with van der Waals surface area (Å²) in [6, 6.07) is 10.8. The van der Waals surface area contributed by atoms with Crippen LogP contribution in [0.2, 0.25) is 25.7 Å². The molecule has 160 valence electrons. The Morgan fingerprint density at radius 3 is 2.74 bits per heavy atom. The molecule has 0 aliphatic rings. The molecular formula is C23H25FN4O2Si. The second kappa shape index (κ2) is 8.56. The lowest BCUT2D eigenvalue weighted by atomic mass is 10.0. The van der Waals surface area contributed by atoms with Crippen LogP contribution in [0.4, 0.5) is 4.39 Å². The summed E-state index contributed by atoms with van der Waals surface area (Å²) in [5.41, 5.74) is 2.27. The van der Waals surface area contributed by atoms with Gasteiger partial charge in [-0.2, -0.15) is 5.10 Å². The standard InChI is InChI=1S/C23H25FN4O2Si/c1-31(2,3)11-10-30-15-28-14-16(13-26-28)22-19-12-18(17-6-4-5-7-20(17)24)23(29)27-21(19)8-9-25-22/h4-9,12-14H,10-11,15H2,1-3H3,(H,27,29). The average molecular weight is 437 g/mol. The number of ether oxygens (including phenoxy) is 1. The fourth-order valence-electron chi connectivity index (χ4n) is 3.33. The maximum absolute atomic E-state index is 14.3. The van der Waals surface area contributed by atoms with Crippen molar-refractivity contribution in [1.82, 2.24) is 19.7 Å². The lowest BCUT2D eigenvalue weighted by molar-refractivity contribution is 0.0786. The average Bonchev–Trinajstić information content (AvgIpc) is 3.19. The highest BCUT2D eigenvalue weighted by Crippen LogP contribution is 2.28. The number of benzene rings is 1. The van der Waals surface area contributed by atoms with Crippen LogP contribution in [0.5, 0.6) is 0 Å². The third-order valence-corrected chi connectivity index (χ3v) is 6.77. The van der Waals surface area contributed by atoms with Gasteiger partial charge in [-0.15, -0.1) is 0 Å². The molecule has 1 N–H and O–H groups in total. The quantitative estimate of drug-likeness (QED) is 0.330. The van der Waals surface area contributed by atoms with Gasteiger partial charge in [0.05, 0.1) is 23.0 Å². The van der Waals surface area contributed by atoms with Crippen molar-refractivity contribution in [1.29, 1.82) is 0 Å². The van der Waals surface area contributed by atoms with E-state index in [4.69, 9.17) is 4.74 Å². The Morgan fingerprint density at radius 1 is 1.16 bits per heavy atom. The number of nitrogens with zero attached hydrogens (tertiary/aromatic N) is 3. The molecule has 0 fully saturated rings. The summed E-state index contributed by atoms with van der Waals surface area (Å²) in [5.74, 6) is -0.443. The van der Waals surface area contributed by atoms with E-state index in [1.54, 1.807) is 47.4 Å². The maximum Gasteiger partial charge on any atom is 0.256 e. The van der Waals surface area contributed by atoms with Crippen LogP contribution in [0.3, 0.4) is 0 Å². The van der Waals surface area contributed by atoms with Crippen LogP contribution in [-0.4, -0.2) is 34.4 Å². The molecule has 4 aromatic rings. The zero-order valence-corrected chi connectivity index (χ0v) is 18.9. The van der Waals surface area contributed by atoms with Crippen molar-refractivity contribution in [2.24, 2.45) is 0 Å². The fourth-order valence-corrected chi connectivity index (χ4v) is 4.09. The Labute approximate surface area is 180 Å². The lowest BCUT2D eigenvalue weighted by Gasteiger charge is -2.15. The van der Waals surface area contributed by atoms with Crippen molar-refractivity contribution in [2.75, 3.05) is 6.61 Å². The molecule has 0 aliphatic carbocycles. The number of aromatic nitrogens is 4. The first-order valence-corrected chi connectivity index (χ1v) is 13.9. The first-order valence-electron chi connectivity index (χ1n) is 10.2. The number of hydrogen-bond donors (Lipinski definition) is 1. The third kappa shape index (κ3) is 4.81. The zero-order valence-electron chi connectivity index (χ0n) is 17.9. The highest BCUT2D eigenvalue weighted by molar-refractivity contribution is 6.76. The Hall–Kier alpha value is -3.10. The van der Waals surface area contributed by atoms with E-state index < -0.39 is 13.9 Å². The number of nitrogens with one attached hydrogen (secondary N) is 1. The molecule has 0 spiro atoms. The van der Waals surface area contributed by atoms with Gasteiger partial charge in [0.15, 0.2) is 0 Å². The Bertz CT molecular complexity index is 1280. The van der Waals surface area contributed by atoms with Crippen LogP contribution >= 0.6 is 0 Å². The maximum atomic E-state index is 14.3. The molecule has 0 saturated carbocycles. The minimum absolute atomic E-state index is 0.256. The van der Waals surface area contributed by atoms with Gasteiger partial charge in [-0.25, -0.2) is 9.07 Å². The second-order valence-corrected chi connectivity index (χ2v) is 14.4. The fraction of sp³-hybridized carbons (Fsp3) is 0.261. The molecule has 3 aromatic heterocycles. The number of pyridine rings is 2. The smallest absolute Gasteiger partial charge is 0.256 e. The summed E-state index contributed by atoms with van der Waals surface area (Å²) in [4.78, 5) is 19.9. The van der Waals surface area contributed by atoms with E-state index in [1.807, 2.05) is 6.20 Å². The summed E-state index contributed by atoms with van der Waals surface area (Å²) >= 11 is 0. The summed E-state index contributed by atoms with van der Waals surface area (Å²) in [5, 5.41) is 5.10. The van der Waals surface area contributed by atoms with E-state index in [2.05, 4.69) is 34.7 Å². The third-order valence-electron chi connectivity index (χ3n) is 5.06. The van der Waals surface area contributed by atoms with Crippen molar-refractivity contribution >= 4 is 19.0 Å². The molecule has 0 saturated heterocycles. The molecule has 6 nitrogen and oxygen atoms in total. The molecule has 0 unspecified atom stereocenters. The Balaban J connectivity index is 1.66. The molecule has 0 bridgehead atoms. The number of H-pyrrole nitrogens is 1. The molecule has 0 radical (unpaired) electrons. The second-order valence-electron chi connectivity index (χ2n) is 8.73. The van der Waals surface area contributed by atoms with Crippen LogP contribution in [0.1, 0.15) is 0 Å². The molecule has 4 rings (SSSR count). The zero-order chi connectivity index (χ0) is 22.0. The van der Waals surface area contributed by atoms with Gasteiger partial charge < -0.3 is 9.72 Å². The monoisotopic (exact) mass is 436 g/mol. The molecule has 3 heterocycles. The first-order chi connectivity index (χ1) is 14.8. The Kier molecular flexibility index (Phi) is 5.84. The van der Waals surface area contributed by atoms with E-state index in [-0.39, 0.29) is 16.7 Å². The topological polar surface area (TPSA) is 72.8 Å². The van der Waals surface area contributed by atoms with Crippen LogP contribution in [0, 0.1) is 5.82 Å². The van der Waals surface area contributed by atoms with E-state index in [1.165, 1.54) is 6.07 Å². The molecule has 0 aliphatic heterocycles. The number of halogens is 1. The SMILES string of the molecule is C[Si](C)(C)CCOCn1cc(-c2nccc3[nH]c(=O)c(-c4ccccc4F)cc23)cn1. The normalized spacial score (nSPS) is 11.9. The molecule has 1 aromatic carbocycles. The number of rotatable bonds is 7. The highest BCUT2D eigenvalue weighted by Gasteiger charge is 2.15. The van der Waals surface area contributed by atoms with Crippen LogP contribution in [0.25, 0.3) is 33.3 Å². The first kappa shape index (κ1) is 21.1. The van der Waals surface area contributed by atoms with E-state index in [0.29, 0.717) is 24.5 Å². The van der Waals surface area contributed by atoms with E-state index in [0.717, 1.165) is 17.0 Å². The van der Waals surface area contributed by atoms with Crippen molar-refractivity contribution < 1.29 is 9.13 Å². The van der Waals surface area contributed by atoms with Gasteiger partial charge in [-0.05, 0) is 24.2 Å². The predicted molar refractivity (Wildman–Crippen MR) is 123 cm³/mol. The summed E-state index contributed by atoms with van der Waals surface area (Å²) in [6.45, 7) is 8.02. The van der Waals surface area contributed by atoms with Crippen molar-refractivity contribution in [2.45, 2.75) is 32.4 Å². The van der Waals surface area contributed by atoms with E-state index >= 15 is 0 Å². The molecular weight excluding hydrogens is 411 g/mol. The molecule has 31 heavy (non-hydrogen) atoms. The largest absolute Gasteiger partial charge is 0.360 e. The van der Waals surface area contributed by atoms with Gasteiger partial charge in [0.25, 0.3) is 5.56 Å². The van der Waals surface area contributed by atoms with Gasteiger partial charge in [0, 0.05) is 43.6 Å². The minimum Gasteiger partial charge on any atom is -0.360 e.